The van der Waals surface area contributed by atoms with Crippen molar-refractivity contribution in [3.05, 3.63) is 35.9 Å². The van der Waals surface area contributed by atoms with Gasteiger partial charge < -0.3 is 10.6 Å². The predicted octanol–water partition coefficient (Wildman–Crippen LogP) is 2.10. The van der Waals surface area contributed by atoms with Gasteiger partial charge in [-0.3, -0.25) is 4.57 Å². The maximum Gasteiger partial charge on any atom is 0.222 e. The Morgan fingerprint density at radius 3 is 2.65 bits per heavy atom. The first-order chi connectivity index (χ1) is 9.66. The van der Waals surface area contributed by atoms with Crippen LogP contribution in [0.4, 0.5) is 5.95 Å². The van der Waals surface area contributed by atoms with Gasteiger partial charge in [0.2, 0.25) is 5.95 Å². The van der Waals surface area contributed by atoms with Crippen LogP contribution in [0.5, 0.6) is 0 Å². The average Bonchev–Trinajstić information content (AvgIpc) is 2.78. The number of nitrogen functional groups attached to an aromatic ring is 1. The Morgan fingerprint density at radius 2 is 1.95 bits per heavy atom. The number of benzene rings is 1. The Morgan fingerprint density at radius 1 is 1.20 bits per heavy atom. The highest BCUT2D eigenvalue weighted by atomic mass is 32.2. The molecule has 0 atom stereocenters. The van der Waals surface area contributed by atoms with Gasteiger partial charge in [-0.15, -0.1) is 10.2 Å². The predicted molar refractivity (Wildman–Crippen MR) is 83.6 cm³/mol. The van der Waals surface area contributed by atoms with E-state index in [0.29, 0.717) is 5.95 Å². The minimum atomic E-state index is 0.499. The molecule has 0 spiro atoms. The quantitative estimate of drug-likeness (QED) is 0.792. The Labute approximate surface area is 124 Å². The summed E-state index contributed by atoms with van der Waals surface area (Å²) in [6.07, 6.45) is 1.04. The molecule has 2 rings (SSSR count). The molecule has 0 unspecified atom stereocenters. The van der Waals surface area contributed by atoms with Crippen LogP contribution in [0.3, 0.4) is 0 Å². The van der Waals surface area contributed by atoms with Crippen molar-refractivity contribution in [2.45, 2.75) is 23.9 Å². The van der Waals surface area contributed by atoms with Gasteiger partial charge in [0.1, 0.15) is 0 Å². The summed E-state index contributed by atoms with van der Waals surface area (Å²) in [4.78, 5) is 2.16. The fourth-order valence-electron chi connectivity index (χ4n) is 1.88. The molecule has 0 aliphatic carbocycles. The minimum absolute atomic E-state index is 0.499. The lowest BCUT2D eigenvalue weighted by Crippen LogP contribution is -2.16. The van der Waals surface area contributed by atoms with Crippen molar-refractivity contribution in [2.24, 2.45) is 0 Å². The SMILES string of the molecule is CN(C)CCCn1c(N)nnc1SCc1ccccc1. The minimum Gasteiger partial charge on any atom is -0.368 e. The maximum absolute atomic E-state index is 5.89. The van der Waals surface area contributed by atoms with Crippen molar-refractivity contribution in [3.8, 4) is 0 Å². The van der Waals surface area contributed by atoms with E-state index in [1.807, 2.05) is 22.8 Å². The molecule has 0 radical (unpaired) electrons. The first-order valence-corrected chi connectivity index (χ1v) is 7.65. The molecular weight excluding hydrogens is 270 g/mol. The third-order valence-electron chi connectivity index (χ3n) is 2.94. The Balaban J connectivity index is 1.94. The molecule has 20 heavy (non-hydrogen) atoms. The third kappa shape index (κ3) is 4.25. The van der Waals surface area contributed by atoms with Gasteiger partial charge in [-0.2, -0.15) is 0 Å². The number of rotatable bonds is 7. The molecule has 1 aromatic carbocycles. The average molecular weight is 291 g/mol. The van der Waals surface area contributed by atoms with Gasteiger partial charge in [-0.05, 0) is 32.6 Å². The van der Waals surface area contributed by atoms with Crippen LogP contribution in [0, 0.1) is 0 Å². The first kappa shape index (κ1) is 14.9. The van der Waals surface area contributed by atoms with Gasteiger partial charge in [-0.1, -0.05) is 42.1 Å². The summed E-state index contributed by atoms with van der Waals surface area (Å²) in [7, 11) is 4.14. The molecule has 0 amide bonds. The number of hydrogen-bond acceptors (Lipinski definition) is 5. The zero-order valence-corrected chi connectivity index (χ0v) is 12.8. The van der Waals surface area contributed by atoms with Gasteiger partial charge in [0.15, 0.2) is 5.16 Å². The van der Waals surface area contributed by atoms with Gasteiger partial charge >= 0.3 is 0 Å². The molecule has 5 nitrogen and oxygen atoms in total. The summed E-state index contributed by atoms with van der Waals surface area (Å²) in [5, 5.41) is 9.04. The molecule has 0 aliphatic heterocycles. The smallest absolute Gasteiger partial charge is 0.222 e. The van der Waals surface area contributed by atoms with Crippen molar-refractivity contribution in [2.75, 3.05) is 26.4 Å². The zero-order chi connectivity index (χ0) is 14.4. The summed E-state index contributed by atoms with van der Waals surface area (Å²) < 4.78 is 2.00. The normalized spacial score (nSPS) is 11.2. The number of nitrogens with zero attached hydrogens (tertiary/aromatic N) is 4. The fraction of sp³-hybridized carbons (Fsp3) is 0.429. The molecule has 0 fully saturated rings. The van der Waals surface area contributed by atoms with E-state index in [2.05, 4.69) is 41.3 Å². The molecule has 6 heteroatoms. The Bertz CT molecular complexity index is 524. The summed E-state index contributed by atoms with van der Waals surface area (Å²) in [6, 6.07) is 10.3. The van der Waals surface area contributed by atoms with E-state index in [-0.39, 0.29) is 0 Å². The molecule has 0 bridgehead atoms. The van der Waals surface area contributed by atoms with Crippen LogP contribution in [-0.2, 0) is 12.3 Å². The van der Waals surface area contributed by atoms with Crippen LogP contribution in [0.25, 0.3) is 0 Å². The molecule has 1 aromatic heterocycles. The second-order valence-corrected chi connectivity index (χ2v) is 5.87. The van der Waals surface area contributed by atoms with E-state index in [1.54, 1.807) is 11.8 Å². The lowest BCUT2D eigenvalue weighted by Gasteiger charge is -2.11. The molecule has 0 aliphatic rings. The lowest BCUT2D eigenvalue weighted by molar-refractivity contribution is 0.383. The van der Waals surface area contributed by atoms with Gasteiger partial charge in [0.25, 0.3) is 0 Å². The van der Waals surface area contributed by atoms with Crippen LogP contribution in [0.15, 0.2) is 35.5 Å². The van der Waals surface area contributed by atoms with E-state index in [4.69, 9.17) is 5.73 Å². The summed E-state index contributed by atoms with van der Waals surface area (Å²) >= 11 is 1.68. The second kappa shape index (κ2) is 7.31. The van der Waals surface area contributed by atoms with Crippen molar-refractivity contribution in [1.29, 1.82) is 0 Å². The first-order valence-electron chi connectivity index (χ1n) is 6.67. The Kier molecular flexibility index (Phi) is 5.43. The van der Waals surface area contributed by atoms with E-state index in [0.717, 1.165) is 30.4 Å². The number of aromatic nitrogens is 3. The highest BCUT2D eigenvalue weighted by Gasteiger charge is 2.10. The number of anilines is 1. The fourth-order valence-corrected chi connectivity index (χ4v) is 2.81. The topological polar surface area (TPSA) is 60.0 Å². The van der Waals surface area contributed by atoms with Crippen LogP contribution in [0.1, 0.15) is 12.0 Å². The number of hydrogen-bond donors (Lipinski definition) is 1. The van der Waals surface area contributed by atoms with Crippen LogP contribution in [0.2, 0.25) is 0 Å². The van der Waals surface area contributed by atoms with Crippen LogP contribution >= 0.6 is 11.8 Å². The molecule has 2 aromatic rings. The molecule has 0 saturated carbocycles. The van der Waals surface area contributed by atoms with Gasteiger partial charge in [0.05, 0.1) is 0 Å². The summed E-state index contributed by atoms with van der Waals surface area (Å²) in [5.74, 6) is 1.38. The highest BCUT2D eigenvalue weighted by molar-refractivity contribution is 7.98. The largest absolute Gasteiger partial charge is 0.368 e. The van der Waals surface area contributed by atoms with E-state index in [9.17, 15) is 0 Å². The summed E-state index contributed by atoms with van der Waals surface area (Å²) in [6.45, 7) is 1.88. The van der Waals surface area contributed by atoms with E-state index >= 15 is 0 Å². The number of nitrogens with two attached hydrogens (primary N) is 1. The maximum atomic E-state index is 5.89. The molecule has 0 saturated heterocycles. The third-order valence-corrected chi connectivity index (χ3v) is 3.98. The Hall–Kier alpha value is -1.53. The molecular formula is C14H21N5S. The van der Waals surface area contributed by atoms with Crippen molar-refractivity contribution < 1.29 is 0 Å². The van der Waals surface area contributed by atoms with Crippen molar-refractivity contribution in [1.82, 2.24) is 19.7 Å². The van der Waals surface area contributed by atoms with Crippen molar-refractivity contribution in [3.63, 3.8) is 0 Å². The molecule has 2 N–H and O–H groups in total. The van der Waals surface area contributed by atoms with Crippen LogP contribution in [-0.4, -0.2) is 40.3 Å². The monoisotopic (exact) mass is 291 g/mol. The van der Waals surface area contributed by atoms with E-state index in [1.165, 1.54) is 5.56 Å². The van der Waals surface area contributed by atoms with Crippen molar-refractivity contribution >= 4 is 17.7 Å². The summed E-state index contributed by atoms with van der Waals surface area (Å²) in [5.41, 5.74) is 7.17. The van der Waals surface area contributed by atoms with E-state index < -0.39 is 0 Å². The zero-order valence-electron chi connectivity index (χ0n) is 12.0. The molecule has 108 valence electrons. The lowest BCUT2D eigenvalue weighted by atomic mass is 10.2. The van der Waals surface area contributed by atoms with Gasteiger partial charge in [0, 0.05) is 12.3 Å². The highest BCUT2D eigenvalue weighted by Crippen LogP contribution is 2.22. The standard InChI is InChI=1S/C14H21N5S/c1-18(2)9-6-10-19-13(15)16-17-14(19)20-11-12-7-4-3-5-8-12/h3-5,7-8H,6,9-11H2,1-2H3,(H2,15,16). The van der Waals surface area contributed by atoms with Crippen LogP contribution < -0.4 is 5.73 Å². The second-order valence-electron chi connectivity index (χ2n) is 4.92. The van der Waals surface area contributed by atoms with Gasteiger partial charge in [-0.25, -0.2) is 0 Å². The molecule has 1 heterocycles. The number of thioether (sulfide) groups is 1.